The van der Waals surface area contributed by atoms with Gasteiger partial charge in [0.25, 0.3) is 0 Å². The molecule has 1 atom stereocenters. The molecule has 18 heavy (non-hydrogen) atoms. The van der Waals surface area contributed by atoms with Gasteiger partial charge in [-0.15, -0.1) is 0 Å². The molecule has 0 bridgehead atoms. The second-order valence-corrected chi connectivity index (χ2v) is 4.15. The number of aromatic nitrogens is 1. The lowest BCUT2D eigenvalue weighted by molar-refractivity contribution is 0.170. The van der Waals surface area contributed by atoms with Gasteiger partial charge in [0.2, 0.25) is 0 Å². The predicted octanol–water partition coefficient (Wildman–Crippen LogP) is 3.63. The lowest BCUT2D eigenvalue weighted by Gasteiger charge is -2.15. The molecule has 1 N–H and O–H groups in total. The second-order valence-electron chi connectivity index (χ2n) is 4.15. The van der Waals surface area contributed by atoms with E-state index in [-0.39, 0.29) is 0 Å². The molecule has 0 aliphatic heterocycles. The summed E-state index contributed by atoms with van der Waals surface area (Å²) in [5.74, 6) is 1.40. The Morgan fingerprint density at radius 1 is 1.17 bits per heavy atom. The van der Waals surface area contributed by atoms with Crippen LogP contribution < -0.4 is 4.74 Å². The van der Waals surface area contributed by atoms with Crippen molar-refractivity contribution in [3.63, 3.8) is 0 Å². The van der Waals surface area contributed by atoms with E-state index in [0.717, 1.165) is 11.3 Å². The van der Waals surface area contributed by atoms with Gasteiger partial charge in [-0.2, -0.15) is 0 Å². The number of nitrogens with zero attached hydrogens (tertiary/aromatic N) is 1. The first-order valence-corrected chi connectivity index (χ1v) is 6.08. The van der Waals surface area contributed by atoms with Crippen LogP contribution in [0.3, 0.4) is 0 Å². The van der Waals surface area contributed by atoms with Gasteiger partial charge in [-0.05, 0) is 31.5 Å². The number of hydrogen-bond acceptors (Lipinski definition) is 3. The molecule has 1 aromatic carbocycles. The molecule has 94 valence electrons. The van der Waals surface area contributed by atoms with E-state index in [2.05, 4.69) is 4.98 Å². The van der Waals surface area contributed by atoms with E-state index in [4.69, 9.17) is 4.74 Å². The molecule has 1 heterocycles. The first kappa shape index (κ1) is 12.6. The zero-order chi connectivity index (χ0) is 13.0. The third-order valence-corrected chi connectivity index (χ3v) is 2.84. The smallest absolute Gasteiger partial charge is 0.148 e. The van der Waals surface area contributed by atoms with Gasteiger partial charge in [-0.25, -0.2) is 0 Å². The second kappa shape index (κ2) is 5.65. The molecule has 0 saturated heterocycles. The highest BCUT2D eigenvalue weighted by molar-refractivity contribution is 5.40. The van der Waals surface area contributed by atoms with Crippen molar-refractivity contribution in [3.05, 3.63) is 53.9 Å². The van der Waals surface area contributed by atoms with Crippen molar-refractivity contribution in [1.29, 1.82) is 0 Å². The largest absolute Gasteiger partial charge is 0.455 e. The third-order valence-electron chi connectivity index (χ3n) is 2.84. The molecule has 1 unspecified atom stereocenters. The fourth-order valence-corrected chi connectivity index (χ4v) is 1.76. The maximum absolute atomic E-state index is 9.96. The average Bonchev–Trinajstić information content (AvgIpc) is 2.41. The summed E-state index contributed by atoms with van der Waals surface area (Å²) >= 11 is 0. The summed E-state index contributed by atoms with van der Waals surface area (Å²) in [6.07, 6.45) is 1.89. The van der Waals surface area contributed by atoms with Crippen LogP contribution in [0.2, 0.25) is 0 Å². The van der Waals surface area contributed by atoms with E-state index >= 15 is 0 Å². The SMILES string of the molecule is CCC(O)c1ccccc1Oc1cccnc1C. The van der Waals surface area contributed by atoms with Gasteiger partial charge in [0.05, 0.1) is 11.8 Å². The summed E-state index contributed by atoms with van der Waals surface area (Å²) in [5.41, 5.74) is 1.64. The van der Waals surface area contributed by atoms with Crippen LogP contribution >= 0.6 is 0 Å². The molecule has 0 radical (unpaired) electrons. The van der Waals surface area contributed by atoms with Crippen molar-refractivity contribution in [2.45, 2.75) is 26.4 Å². The van der Waals surface area contributed by atoms with Crippen LogP contribution in [0.5, 0.6) is 11.5 Å². The van der Waals surface area contributed by atoms with Gasteiger partial charge in [-0.3, -0.25) is 4.98 Å². The minimum absolute atomic E-state index is 0.502. The van der Waals surface area contributed by atoms with Crippen molar-refractivity contribution in [3.8, 4) is 11.5 Å². The Morgan fingerprint density at radius 3 is 2.61 bits per heavy atom. The van der Waals surface area contributed by atoms with Crippen molar-refractivity contribution in [1.82, 2.24) is 4.98 Å². The van der Waals surface area contributed by atoms with Gasteiger partial charge in [0, 0.05) is 11.8 Å². The highest BCUT2D eigenvalue weighted by Crippen LogP contribution is 2.31. The lowest BCUT2D eigenvalue weighted by Crippen LogP contribution is -1.99. The molecule has 3 nitrogen and oxygen atoms in total. The minimum Gasteiger partial charge on any atom is -0.455 e. The van der Waals surface area contributed by atoms with Gasteiger partial charge >= 0.3 is 0 Å². The number of pyridine rings is 1. The fraction of sp³-hybridized carbons (Fsp3) is 0.267. The number of aryl methyl sites for hydroxylation is 1. The maximum Gasteiger partial charge on any atom is 0.148 e. The Kier molecular flexibility index (Phi) is 3.95. The molecule has 0 spiro atoms. The van der Waals surface area contributed by atoms with Crippen molar-refractivity contribution in [2.24, 2.45) is 0 Å². The van der Waals surface area contributed by atoms with E-state index in [9.17, 15) is 5.11 Å². The monoisotopic (exact) mass is 243 g/mol. The van der Waals surface area contributed by atoms with E-state index in [1.165, 1.54) is 0 Å². The molecule has 0 aliphatic carbocycles. The van der Waals surface area contributed by atoms with Crippen LogP contribution in [0.4, 0.5) is 0 Å². The minimum atomic E-state index is -0.502. The van der Waals surface area contributed by atoms with Crippen LogP contribution in [-0.4, -0.2) is 10.1 Å². The maximum atomic E-state index is 9.96. The summed E-state index contributed by atoms with van der Waals surface area (Å²) in [7, 11) is 0. The highest BCUT2D eigenvalue weighted by Gasteiger charge is 2.12. The van der Waals surface area contributed by atoms with Gasteiger partial charge in [-0.1, -0.05) is 25.1 Å². The lowest BCUT2D eigenvalue weighted by atomic mass is 10.1. The van der Waals surface area contributed by atoms with E-state index in [0.29, 0.717) is 17.9 Å². The van der Waals surface area contributed by atoms with Crippen molar-refractivity contribution < 1.29 is 9.84 Å². The van der Waals surface area contributed by atoms with E-state index in [1.54, 1.807) is 6.20 Å². The topological polar surface area (TPSA) is 42.4 Å². The summed E-state index contributed by atoms with van der Waals surface area (Å²) in [4.78, 5) is 4.18. The first-order valence-electron chi connectivity index (χ1n) is 6.08. The Morgan fingerprint density at radius 2 is 1.89 bits per heavy atom. The summed E-state index contributed by atoms with van der Waals surface area (Å²) in [5, 5.41) is 9.96. The van der Waals surface area contributed by atoms with Crippen LogP contribution in [0.1, 0.15) is 30.7 Å². The molecule has 0 fully saturated rings. The molecule has 2 rings (SSSR count). The van der Waals surface area contributed by atoms with Crippen LogP contribution in [0, 0.1) is 6.92 Å². The normalized spacial score (nSPS) is 12.2. The quantitative estimate of drug-likeness (QED) is 0.891. The Hall–Kier alpha value is -1.87. The number of hydrogen-bond donors (Lipinski definition) is 1. The van der Waals surface area contributed by atoms with Crippen LogP contribution in [0.25, 0.3) is 0 Å². The molecule has 0 aliphatic rings. The number of aliphatic hydroxyl groups is 1. The highest BCUT2D eigenvalue weighted by atomic mass is 16.5. The van der Waals surface area contributed by atoms with E-state index in [1.807, 2.05) is 50.2 Å². The molecular weight excluding hydrogens is 226 g/mol. The van der Waals surface area contributed by atoms with Gasteiger partial charge < -0.3 is 9.84 Å². The number of rotatable bonds is 4. The standard InChI is InChI=1S/C15H17NO2/c1-3-13(17)12-7-4-5-8-15(12)18-14-9-6-10-16-11(14)2/h4-10,13,17H,3H2,1-2H3. The Labute approximate surface area is 107 Å². The Bertz CT molecular complexity index is 525. The molecule has 0 amide bonds. The summed E-state index contributed by atoms with van der Waals surface area (Å²) < 4.78 is 5.84. The number of aliphatic hydroxyl groups excluding tert-OH is 1. The fourth-order valence-electron chi connectivity index (χ4n) is 1.76. The predicted molar refractivity (Wildman–Crippen MR) is 70.7 cm³/mol. The van der Waals surface area contributed by atoms with Gasteiger partial charge in [0.1, 0.15) is 11.5 Å². The number of benzene rings is 1. The average molecular weight is 243 g/mol. The van der Waals surface area contributed by atoms with Crippen molar-refractivity contribution in [2.75, 3.05) is 0 Å². The first-order chi connectivity index (χ1) is 8.72. The van der Waals surface area contributed by atoms with Gasteiger partial charge in [0.15, 0.2) is 0 Å². The molecule has 1 aromatic heterocycles. The van der Waals surface area contributed by atoms with Crippen LogP contribution in [0.15, 0.2) is 42.6 Å². The van der Waals surface area contributed by atoms with E-state index < -0.39 is 6.10 Å². The third kappa shape index (κ3) is 2.68. The molecule has 2 aromatic rings. The molecule has 0 saturated carbocycles. The van der Waals surface area contributed by atoms with Crippen LogP contribution in [-0.2, 0) is 0 Å². The molecule has 3 heteroatoms. The zero-order valence-electron chi connectivity index (χ0n) is 10.6. The molecular formula is C15H17NO2. The Balaban J connectivity index is 2.32. The number of ether oxygens (including phenoxy) is 1. The zero-order valence-corrected chi connectivity index (χ0v) is 10.6. The van der Waals surface area contributed by atoms with Crippen molar-refractivity contribution >= 4 is 0 Å². The number of para-hydroxylation sites is 1. The summed E-state index contributed by atoms with van der Waals surface area (Å²) in [6.45, 7) is 3.84. The summed E-state index contributed by atoms with van der Waals surface area (Å²) in [6, 6.07) is 11.2.